The van der Waals surface area contributed by atoms with E-state index in [1.54, 1.807) is 6.21 Å². The predicted molar refractivity (Wildman–Crippen MR) is 75.6 cm³/mol. The van der Waals surface area contributed by atoms with E-state index in [0.29, 0.717) is 11.6 Å². The van der Waals surface area contributed by atoms with E-state index < -0.39 is 0 Å². The van der Waals surface area contributed by atoms with E-state index in [9.17, 15) is 4.79 Å². The number of benzene rings is 1. The van der Waals surface area contributed by atoms with Crippen LogP contribution in [0.3, 0.4) is 0 Å². The van der Waals surface area contributed by atoms with Crippen LogP contribution in [-0.2, 0) is 4.79 Å². The van der Waals surface area contributed by atoms with Crippen molar-refractivity contribution in [3.63, 3.8) is 0 Å². The molecule has 3 rings (SSSR count). The third-order valence-corrected chi connectivity index (χ3v) is 4.07. The van der Waals surface area contributed by atoms with Gasteiger partial charge in [-0.15, -0.1) is 0 Å². The van der Waals surface area contributed by atoms with Gasteiger partial charge in [0.2, 0.25) is 0 Å². The van der Waals surface area contributed by atoms with Crippen LogP contribution in [0.5, 0.6) is 0 Å². The average molecular weight is 254 g/mol. The summed E-state index contributed by atoms with van der Waals surface area (Å²) in [7, 11) is 0. The molecule has 1 atom stereocenters. The average Bonchev–Trinajstić information content (AvgIpc) is 2.93. The third-order valence-electron chi connectivity index (χ3n) is 4.07. The lowest BCUT2D eigenvalue weighted by Crippen LogP contribution is -2.33. The summed E-state index contributed by atoms with van der Waals surface area (Å²) in [6.45, 7) is 0. The smallest absolute Gasteiger partial charge is 0.132 e. The van der Waals surface area contributed by atoms with Gasteiger partial charge in [0, 0.05) is 6.04 Å². The van der Waals surface area contributed by atoms with E-state index in [4.69, 9.17) is 0 Å². The van der Waals surface area contributed by atoms with Gasteiger partial charge in [-0.3, -0.25) is 5.01 Å². The molecule has 98 valence electrons. The number of rotatable bonds is 2. The Morgan fingerprint density at radius 3 is 2.53 bits per heavy atom. The lowest BCUT2D eigenvalue weighted by Gasteiger charge is -2.34. The molecule has 0 bridgehead atoms. The van der Waals surface area contributed by atoms with Crippen molar-refractivity contribution < 1.29 is 4.79 Å². The van der Waals surface area contributed by atoms with Crippen LogP contribution in [0.1, 0.15) is 43.7 Å². The molecule has 1 heterocycles. The Balaban J connectivity index is 1.91. The quantitative estimate of drug-likeness (QED) is 0.760. The zero-order valence-electron chi connectivity index (χ0n) is 11.0. The zero-order chi connectivity index (χ0) is 13.1. The number of nitrogens with zero attached hydrogens (tertiary/aromatic N) is 2. The minimum absolute atomic E-state index is 0.0400. The molecule has 0 radical (unpaired) electrons. The monoisotopic (exact) mass is 254 g/mol. The standard InChI is InChI=1S/C16H18N2O/c19-12-14-11-17-18(15-9-5-2-6-10-15)16(14)13-7-3-1-4-8-13/h1,3-4,7-8,11,15-16H,2,5-6,9-10H2. The van der Waals surface area contributed by atoms with E-state index in [1.165, 1.54) is 32.1 Å². The number of hydrazone groups is 1. The minimum Gasteiger partial charge on any atom is -0.281 e. The molecular weight excluding hydrogens is 236 g/mol. The van der Waals surface area contributed by atoms with Crippen LogP contribution >= 0.6 is 0 Å². The Labute approximate surface area is 113 Å². The summed E-state index contributed by atoms with van der Waals surface area (Å²) in [4.78, 5) is 11.1. The SMILES string of the molecule is O=C=C1C=NN(C2CCCCC2)C1c1ccccc1. The first-order valence-corrected chi connectivity index (χ1v) is 7.02. The maximum atomic E-state index is 11.1. The number of hydrogen-bond donors (Lipinski definition) is 0. The largest absolute Gasteiger partial charge is 0.281 e. The van der Waals surface area contributed by atoms with Crippen molar-refractivity contribution in [3.05, 3.63) is 41.5 Å². The second kappa shape index (κ2) is 5.41. The van der Waals surface area contributed by atoms with Crippen molar-refractivity contribution in [2.24, 2.45) is 5.10 Å². The van der Waals surface area contributed by atoms with E-state index in [2.05, 4.69) is 28.2 Å². The van der Waals surface area contributed by atoms with Gasteiger partial charge in [0.1, 0.15) is 12.0 Å². The molecule has 2 aliphatic rings. The van der Waals surface area contributed by atoms with Crippen molar-refractivity contribution in [2.75, 3.05) is 0 Å². The van der Waals surface area contributed by atoms with Crippen LogP contribution in [0.15, 0.2) is 41.0 Å². The van der Waals surface area contributed by atoms with Crippen LogP contribution < -0.4 is 0 Å². The molecule has 1 aromatic carbocycles. The topological polar surface area (TPSA) is 32.7 Å². The lowest BCUT2D eigenvalue weighted by atomic mass is 9.92. The Kier molecular flexibility index (Phi) is 3.47. The molecule has 1 fully saturated rings. The first-order valence-electron chi connectivity index (χ1n) is 7.02. The van der Waals surface area contributed by atoms with E-state index in [-0.39, 0.29) is 6.04 Å². The van der Waals surface area contributed by atoms with Crippen molar-refractivity contribution in [3.8, 4) is 0 Å². The maximum Gasteiger partial charge on any atom is 0.132 e. The van der Waals surface area contributed by atoms with Crippen molar-refractivity contribution in [1.29, 1.82) is 0 Å². The van der Waals surface area contributed by atoms with Gasteiger partial charge < -0.3 is 0 Å². The lowest BCUT2D eigenvalue weighted by molar-refractivity contribution is 0.139. The van der Waals surface area contributed by atoms with Crippen LogP contribution in [0, 0.1) is 0 Å². The molecule has 0 spiro atoms. The van der Waals surface area contributed by atoms with Gasteiger partial charge in [-0.25, -0.2) is 4.79 Å². The highest BCUT2D eigenvalue weighted by atomic mass is 16.1. The Bertz CT molecular complexity index is 511. The summed E-state index contributed by atoms with van der Waals surface area (Å²) in [6.07, 6.45) is 7.87. The van der Waals surface area contributed by atoms with Gasteiger partial charge >= 0.3 is 0 Å². The fourth-order valence-electron chi connectivity index (χ4n) is 3.11. The molecule has 0 saturated heterocycles. The van der Waals surface area contributed by atoms with E-state index in [1.807, 2.05) is 18.2 Å². The number of hydrogen-bond acceptors (Lipinski definition) is 3. The minimum atomic E-state index is -0.0400. The molecule has 0 aromatic heterocycles. The van der Waals surface area contributed by atoms with Crippen LogP contribution in [0.4, 0.5) is 0 Å². The Hall–Kier alpha value is -1.86. The molecular formula is C16H18N2O. The summed E-state index contributed by atoms with van der Waals surface area (Å²) in [5.41, 5.74) is 1.78. The van der Waals surface area contributed by atoms with Crippen molar-refractivity contribution in [2.45, 2.75) is 44.2 Å². The molecule has 3 nitrogen and oxygen atoms in total. The van der Waals surface area contributed by atoms with Gasteiger partial charge in [-0.05, 0) is 18.4 Å². The summed E-state index contributed by atoms with van der Waals surface area (Å²) >= 11 is 0. The molecule has 0 N–H and O–H groups in total. The van der Waals surface area contributed by atoms with E-state index in [0.717, 1.165) is 5.56 Å². The highest BCUT2D eigenvalue weighted by Crippen LogP contribution is 2.36. The third kappa shape index (κ3) is 2.34. The Morgan fingerprint density at radius 2 is 1.84 bits per heavy atom. The maximum absolute atomic E-state index is 11.1. The van der Waals surface area contributed by atoms with Crippen molar-refractivity contribution >= 4 is 12.2 Å². The predicted octanol–water partition coefficient (Wildman–Crippen LogP) is 3.12. The van der Waals surface area contributed by atoms with Gasteiger partial charge in [-0.2, -0.15) is 5.10 Å². The van der Waals surface area contributed by atoms with Gasteiger partial charge in [-0.1, -0.05) is 49.6 Å². The molecule has 1 aliphatic carbocycles. The second-order valence-corrected chi connectivity index (χ2v) is 5.29. The van der Waals surface area contributed by atoms with Gasteiger partial charge in [0.25, 0.3) is 0 Å². The highest BCUT2D eigenvalue weighted by molar-refractivity contribution is 5.92. The molecule has 1 unspecified atom stereocenters. The molecule has 1 aromatic rings. The molecule has 1 aliphatic heterocycles. The molecule has 0 amide bonds. The number of carbonyl (C=O) groups excluding carboxylic acids is 1. The Morgan fingerprint density at radius 1 is 1.11 bits per heavy atom. The fourth-order valence-corrected chi connectivity index (χ4v) is 3.11. The molecule has 1 saturated carbocycles. The van der Waals surface area contributed by atoms with E-state index >= 15 is 0 Å². The normalized spacial score (nSPS) is 23.7. The summed E-state index contributed by atoms with van der Waals surface area (Å²) in [5.74, 6) is 2.06. The first kappa shape index (κ1) is 12.2. The molecule has 19 heavy (non-hydrogen) atoms. The molecule has 3 heteroatoms. The van der Waals surface area contributed by atoms with Crippen LogP contribution in [0.2, 0.25) is 0 Å². The van der Waals surface area contributed by atoms with Crippen molar-refractivity contribution in [1.82, 2.24) is 5.01 Å². The van der Waals surface area contributed by atoms with Crippen LogP contribution in [0.25, 0.3) is 0 Å². The van der Waals surface area contributed by atoms with Crippen LogP contribution in [-0.4, -0.2) is 23.2 Å². The first-order chi connectivity index (χ1) is 9.40. The van der Waals surface area contributed by atoms with Gasteiger partial charge in [0.05, 0.1) is 11.8 Å². The fraction of sp³-hybridized carbons (Fsp3) is 0.438. The van der Waals surface area contributed by atoms with Gasteiger partial charge in [0.15, 0.2) is 0 Å². The summed E-state index contributed by atoms with van der Waals surface area (Å²) in [6, 6.07) is 10.6. The summed E-state index contributed by atoms with van der Waals surface area (Å²) in [5, 5.41) is 6.60. The zero-order valence-corrected chi connectivity index (χ0v) is 11.0. The second-order valence-electron chi connectivity index (χ2n) is 5.29. The highest BCUT2D eigenvalue weighted by Gasteiger charge is 2.33. The summed E-state index contributed by atoms with van der Waals surface area (Å²) < 4.78 is 0.